The number of halogens is 1. The quantitative estimate of drug-likeness (QED) is 0.172. The average molecular weight is 575 g/mol. The maximum Gasteiger partial charge on any atom is 0.339 e. The molecule has 0 radical (unpaired) electrons. The van der Waals surface area contributed by atoms with Gasteiger partial charge in [0, 0.05) is 12.1 Å². The number of thioether (sulfide) groups is 1. The van der Waals surface area contributed by atoms with Gasteiger partial charge in [-0.05, 0) is 77.2 Å². The number of nitro benzene ring substituents is 1. The van der Waals surface area contributed by atoms with Crippen LogP contribution in [-0.4, -0.2) is 31.0 Å². The summed E-state index contributed by atoms with van der Waals surface area (Å²) in [5.74, 6) is -0.350. The number of carbonyl (C=O) groups excluding carboxylic acids is 1. The minimum absolute atomic E-state index is 0.0379. The molecule has 3 rings (SSSR count). The number of benzene rings is 2. The molecule has 1 aliphatic heterocycles. The van der Waals surface area contributed by atoms with E-state index in [0.717, 1.165) is 36.0 Å². The van der Waals surface area contributed by atoms with E-state index in [1.165, 1.54) is 6.07 Å². The molecular weight excluding hydrogens is 561 g/mol. The van der Waals surface area contributed by atoms with Gasteiger partial charge < -0.3 is 14.7 Å². The number of amidine groups is 1. The number of nitrogens with zero attached hydrogens (tertiary/aromatic N) is 2. The predicted molar refractivity (Wildman–Crippen MR) is 123 cm³/mol. The number of ether oxygens (including phenoxy) is 1. The molecule has 0 bridgehead atoms. The molecule has 0 saturated heterocycles. The van der Waals surface area contributed by atoms with Crippen LogP contribution in [0.1, 0.15) is 12.5 Å². The molecule has 2 aromatic rings. The minimum atomic E-state index is -4.29. The van der Waals surface area contributed by atoms with E-state index >= 15 is 0 Å². The Kier molecular flexibility index (Phi) is 6.86. The second-order valence-electron chi connectivity index (χ2n) is 5.92. The van der Waals surface area contributed by atoms with Crippen molar-refractivity contribution in [2.24, 2.45) is 10.7 Å². The van der Waals surface area contributed by atoms with E-state index < -0.39 is 20.9 Å². The average Bonchev–Trinajstić information content (AvgIpc) is 3.01. The van der Waals surface area contributed by atoms with Gasteiger partial charge in [-0.25, -0.2) is 0 Å². The van der Waals surface area contributed by atoms with Crippen molar-refractivity contribution in [2.75, 3.05) is 6.61 Å². The van der Waals surface area contributed by atoms with Crippen molar-refractivity contribution in [3.8, 4) is 11.5 Å². The summed E-state index contributed by atoms with van der Waals surface area (Å²) >= 11 is 2.92. The third-order valence-corrected chi connectivity index (χ3v) is 6.65. The zero-order chi connectivity index (χ0) is 22.8. The lowest BCUT2D eigenvalue weighted by atomic mass is 10.2. The topological polar surface area (TPSA) is 151 Å². The van der Waals surface area contributed by atoms with Gasteiger partial charge in [-0.15, -0.1) is 0 Å². The van der Waals surface area contributed by atoms with Crippen molar-refractivity contribution in [1.82, 2.24) is 0 Å². The number of hydrogen-bond donors (Lipinski definition) is 1. The van der Waals surface area contributed by atoms with Gasteiger partial charge in [0.15, 0.2) is 16.7 Å². The van der Waals surface area contributed by atoms with Crippen molar-refractivity contribution < 1.29 is 27.1 Å². The molecule has 2 N–H and O–H groups in total. The molecule has 0 fully saturated rings. The van der Waals surface area contributed by atoms with E-state index in [1.807, 2.05) is 22.6 Å². The Bertz CT molecular complexity index is 1230. The molecule has 2 aromatic carbocycles. The Labute approximate surface area is 194 Å². The summed E-state index contributed by atoms with van der Waals surface area (Å²) < 4.78 is 36.6. The molecule has 13 heteroatoms. The van der Waals surface area contributed by atoms with Gasteiger partial charge in [-0.2, -0.15) is 13.4 Å². The first-order valence-electron chi connectivity index (χ1n) is 8.54. The summed E-state index contributed by atoms with van der Waals surface area (Å²) in [6.45, 7) is 1.95. The lowest BCUT2D eigenvalue weighted by Gasteiger charge is -2.14. The van der Waals surface area contributed by atoms with Crippen LogP contribution in [0.4, 0.5) is 5.69 Å². The molecule has 0 spiro atoms. The molecule has 31 heavy (non-hydrogen) atoms. The number of amides is 1. The van der Waals surface area contributed by atoms with E-state index in [1.54, 1.807) is 19.1 Å². The molecular formula is C18H14IN3O7S2. The fraction of sp³-hybridized carbons (Fsp3) is 0.111. The second kappa shape index (κ2) is 9.23. The van der Waals surface area contributed by atoms with Gasteiger partial charge in [0.1, 0.15) is 4.90 Å². The summed E-state index contributed by atoms with van der Waals surface area (Å²) in [5.41, 5.74) is 5.87. The maximum absolute atomic E-state index is 12.7. The Hall–Kier alpha value is -2.65. The van der Waals surface area contributed by atoms with Gasteiger partial charge in [0.25, 0.3) is 11.6 Å². The summed E-state index contributed by atoms with van der Waals surface area (Å²) in [5, 5.41) is 10.9. The molecule has 0 aromatic heterocycles. The van der Waals surface area contributed by atoms with E-state index in [0.29, 0.717) is 14.0 Å². The highest BCUT2D eigenvalue weighted by molar-refractivity contribution is 14.1. The van der Waals surface area contributed by atoms with Crippen molar-refractivity contribution in [3.05, 3.63) is 60.6 Å². The van der Waals surface area contributed by atoms with Crippen molar-refractivity contribution >= 4 is 67.3 Å². The number of carbonyl (C=O) groups is 1. The molecule has 0 atom stereocenters. The Morgan fingerprint density at radius 2 is 1.97 bits per heavy atom. The highest BCUT2D eigenvalue weighted by Crippen LogP contribution is 2.38. The van der Waals surface area contributed by atoms with Crippen LogP contribution in [0.5, 0.6) is 11.5 Å². The first kappa shape index (κ1) is 23.0. The van der Waals surface area contributed by atoms with Crippen LogP contribution in [-0.2, 0) is 14.9 Å². The number of rotatable bonds is 7. The number of non-ortho nitro benzene ring substituents is 1. The molecule has 0 aliphatic carbocycles. The zero-order valence-corrected chi connectivity index (χ0v) is 19.6. The summed E-state index contributed by atoms with van der Waals surface area (Å²) in [6, 6.07) is 7.47. The van der Waals surface area contributed by atoms with Crippen molar-refractivity contribution in [1.29, 1.82) is 0 Å². The van der Waals surface area contributed by atoms with Crippen LogP contribution in [0.3, 0.4) is 0 Å². The largest absolute Gasteiger partial charge is 0.490 e. The first-order chi connectivity index (χ1) is 14.6. The molecule has 0 saturated carbocycles. The molecule has 162 valence electrons. The maximum atomic E-state index is 12.7. The normalized spacial score (nSPS) is 15.1. The monoisotopic (exact) mass is 575 g/mol. The first-order valence-corrected chi connectivity index (χ1v) is 11.8. The van der Waals surface area contributed by atoms with Crippen LogP contribution in [0.2, 0.25) is 0 Å². The smallest absolute Gasteiger partial charge is 0.339 e. The standard InChI is InChI=1S/C18H14IN3O7S2/c1-2-28-14-8-10(9-15-17(23)21-18(20)30-15)7-13(19)16(14)29-31(26,27)12-5-3-11(4-6-12)22(24)25/h3-9H,2H2,1H3,(H2,20,21,23). The fourth-order valence-corrected chi connectivity index (χ4v) is 5.01. The summed E-state index contributed by atoms with van der Waals surface area (Å²) in [4.78, 5) is 25.7. The van der Waals surface area contributed by atoms with Crippen LogP contribution in [0.15, 0.2) is 51.2 Å². The van der Waals surface area contributed by atoms with Crippen LogP contribution in [0, 0.1) is 13.7 Å². The molecule has 10 nitrogen and oxygen atoms in total. The van der Waals surface area contributed by atoms with Gasteiger partial charge in [0.2, 0.25) is 0 Å². The van der Waals surface area contributed by atoms with Gasteiger partial charge in [0.05, 0.1) is 20.0 Å². The zero-order valence-electron chi connectivity index (χ0n) is 15.8. The predicted octanol–water partition coefficient (Wildman–Crippen LogP) is 3.29. The van der Waals surface area contributed by atoms with Gasteiger partial charge in [-0.1, -0.05) is 0 Å². The highest BCUT2D eigenvalue weighted by Gasteiger charge is 2.24. The second-order valence-corrected chi connectivity index (χ2v) is 9.69. The van der Waals surface area contributed by atoms with Crippen molar-refractivity contribution in [3.63, 3.8) is 0 Å². The SMILES string of the molecule is CCOc1cc(C=C2SC(N)=NC2=O)cc(I)c1OS(=O)(=O)c1ccc([N+](=O)[O-])cc1. The van der Waals surface area contributed by atoms with E-state index in [9.17, 15) is 23.3 Å². The third-order valence-electron chi connectivity index (χ3n) is 3.80. The lowest BCUT2D eigenvalue weighted by Crippen LogP contribution is -2.12. The highest BCUT2D eigenvalue weighted by atomic mass is 127. The van der Waals surface area contributed by atoms with E-state index in [-0.39, 0.29) is 33.9 Å². The Morgan fingerprint density at radius 3 is 2.52 bits per heavy atom. The fourth-order valence-electron chi connectivity index (χ4n) is 2.48. The Balaban J connectivity index is 1.96. The van der Waals surface area contributed by atoms with Crippen LogP contribution in [0.25, 0.3) is 6.08 Å². The molecule has 1 heterocycles. The molecule has 1 aliphatic rings. The lowest BCUT2D eigenvalue weighted by molar-refractivity contribution is -0.384. The molecule has 1 amide bonds. The number of aliphatic imine (C=N–C) groups is 1. The molecule has 0 unspecified atom stereocenters. The third kappa shape index (κ3) is 5.34. The van der Waals surface area contributed by atoms with Gasteiger partial charge in [-0.3, -0.25) is 14.9 Å². The number of nitrogens with two attached hydrogens (primary N) is 1. The van der Waals surface area contributed by atoms with Crippen LogP contribution < -0.4 is 14.7 Å². The van der Waals surface area contributed by atoms with Crippen molar-refractivity contribution in [2.45, 2.75) is 11.8 Å². The summed E-state index contributed by atoms with van der Waals surface area (Å²) in [6.07, 6.45) is 1.57. The Morgan fingerprint density at radius 1 is 1.29 bits per heavy atom. The summed E-state index contributed by atoms with van der Waals surface area (Å²) in [7, 11) is -4.29. The number of nitro groups is 1. The number of hydrogen-bond acceptors (Lipinski definition) is 9. The van der Waals surface area contributed by atoms with Crippen LogP contribution >= 0.6 is 34.4 Å². The minimum Gasteiger partial charge on any atom is -0.490 e. The van der Waals surface area contributed by atoms with Gasteiger partial charge >= 0.3 is 10.1 Å². The van der Waals surface area contributed by atoms with E-state index in [4.69, 9.17) is 14.7 Å². The van der Waals surface area contributed by atoms with E-state index in [2.05, 4.69) is 4.99 Å².